The van der Waals surface area contributed by atoms with Crippen molar-refractivity contribution in [3.05, 3.63) is 48.0 Å². The van der Waals surface area contributed by atoms with Crippen LogP contribution in [0.1, 0.15) is 16.8 Å². The van der Waals surface area contributed by atoms with Gasteiger partial charge in [-0.1, -0.05) is 18.2 Å². The van der Waals surface area contributed by atoms with Gasteiger partial charge in [0.25, 0.3) is 5.91 Å². The normalized spacial score (nSPS) is 10.2. The highest BCUT2D eigenvalue weighted by Crippen LogP contribution is 2.34. The first kappa shape index (κ1) is 20.6. The molecule has 144 valence electrons. The van der Waals surface area contributed by atoms with Gasteiger partial charge >= 0.3 is 0 Å². The zero-order valence-corrected chi connectivity index (χ0v) is 16.8. The predicted octanol–water partition coefficient (Wildman–Crippen LogP) is 3.53. The van der Waals surface area contributed by atoms with Gasteiger partial charge in [0.2, 0.25) is 5.91 Å². The molecule has 2 amide bonds. The van der Waals surface area contributed by atoms with Crippen LogP contribution in [0, 0.1) is 0 Å². The number of carbonyl (C=O) groups excluding carboxylic acids is 2. The Hall–Kier alpha value is -2.67. The Kier molecular flexibility index (Phi) is 7.55. The van der Waals surface area contributed by atoms with Gasteiger partial charge in [0.05, 0.1) is 25.5 Å². The number of anilines is 1. The summed E-state index contributed by atoms with van der Waals surface area (Å²) in [6.45, 7) is 0. The Morgan fingerprint density at radius 1 is 1.04 bits per heavy atom. The molecule has 0 saturated carbocycles. The largest absolute Gasteiger partial charge is 0.493 e. The number of methoxy groups -OCH3 is 2. The Morgan fingerprint density at radius 2 is 1.67 bits per heavy atom. The molecule has 0 aliphatic rings. The molecule has 0 aliphatic carbocycles. The Balaban J connectivity index is 2.12. The van der Waals surface area contributed by atoms with E-state index in [9.17, 15) is 9.59 Å². The number of nitrogens with zero attached hydrogens (tertiary/aromatic N) is 1. The highest BCUT2D eigenvalue weighted by atomic mass is 32.2. The maximum absolute atomic E-state index is 12.5. The summed E-state index contributed by atoms with van der Waals surface area (Å²) in [5.41, 5.74) is 0.753. The minimum absolute atomic E-state index is 0.168. The number of hydrogen-bond donors (Lipinski definition) is 1. The van der Waals surface area contributed by atoms with Gasteiger partial charge < -0.3 is 19.7 Å². The van der Waals surface area contributed by atoms with Crippen LogP contribution >= 0.6 is 11.8 Å². The van der Waals surface area contributed by atoms with Crippen LogP contribution in [0.15, 0.2) is 47.4 Å². The number of thioether (sulfide) groups is 1. The van der Waals surface area contributed by atoms with Gasteiger partial charge in [-0.25, -0.2) is 0 Å². The van der Waals surface area contributed by atoms with Crippen molar-refractivity contribution in [2.24, 2.45) is 0 Å². The van der Waals surface area contributed by atoms with E-state index in [-0.39, 0.29) is 11.8 Å². The molecule has 0 aliphatic heterocycles. The molecule has 1 N–H and O–H groups in total. The Labute approximate surface area is 163 Å². The second kappa shape index (κ2) is 9.87. The zero-order chi connectivity index (χ0) is 19.8. The Morgan fingerprint density at radius 3 is 2.26 bits per heavy atom. The van der Waals surface area contributed by atoms with Crippen LogP contribution in [0.5, 0.6) is 11.5 Å². The van der Waals surface area contributed by atoms with E-state index in [4.69, 9.17) is 9.47 Å². The van der Waals surface area contributed by atoms with Crippen LogP contribution in [0.3, 0.4) is 0 Å². The summed E-state index contributed by atoms with van der Waals surface area (Å²) in [5, 5.41) is 2.82. The average Bonchev–Trinajstić information content (AvgIpc) is 2.67. The lowest BCUT2D eigenvalue weighted by Gasteiger charge is -2.18. The van der Waals surface area contributed by atoms with Crippen molar-refractivity contribution in [3.63, 3.8) is 0 Å². The van der Waals surface area contributed by atoms with Crippen LogP contribution in [0.25, 0.3) is 0 Å². The third-order valence-electron chi connectivity index (χ3n) is 3.78. The fourth-order valence-corrected chi connectivity index (χ4v) is 3.26. The van der Waals surface area contributed by atoms with Crippen LogP contribution in [0.4, 0.5) is 5.69 Å². The molecular weight excluding hydrogens is 364 g/mol. The first-order valence-corrected chi connectivity index (χ1v) is 9.40. The van der Waals surface area contributed by atoms with E-state index in [0.717, 1.165) is 4.90 Å². The second-order valence-electron chi connectivity index (χ2n) is 5.91. The fraction of sp³-hybridized carbons (Fsp3) is 0.300. The molecule has 0 aromatic heterocycles. The van der Waals surface area contributed by atoms with Crippen LogP contribution < -0.4 is 14.8 Å². The van der Waals surface area contributed by atoms with E-state index in [1.165, 1.54) is 19.1 Å². The summed E-state index contributed by atoms with van der Waals surface area (Å²) in [6, 6.07) is 13.1. The standard InChI is InChI=1S/C20H24N2O4S/c1-22(2)20(24)15-12-17(25-3)18(26-4)13-16(15)21-19(23)10-11-27-14-8-6-5-7-9-14/h5-9,12-13H,10-11H2,1-4H3,(H,21,23). The van der Waals surface area contributed by atoms with Crippen LogP contribution in [-0.2, 0) is 4.79 Å². The Bertz CT molecular complexity index is 794. The summed E-state index contributed by atoms with van der Waals surface area (Å²) < 4.78 is 10.6. The summed E-state index contributed by atoms with van der Waals surface area (Å²) in [6.07, 6.45) is 0.323. The molecule has 0 heterocycles. The predicted molar refractivity (Wildman–Crippen MR) is 108 cm³/mol. The van der Waals surface area contributed by atoms with E-state index in [1.807, 2.05) is 30.3 Å². The fourth-order valence-electron chi connectivity index (χ4n) is 2.39. The highest BCUT2D eigenvalue weighted by molar-refractivity contribution is 7.99. The van der Waals surface area contributed by atoms with Gasteiger partial charge in [-0.05, 0) is 18.2 Å². The molecule has 0 bridgehead atoms. The number of ether oxygens (including phenoxy) is 2. The maximum atomic E-state index is 12.5. The summed E-state index contributed by atoms with van der Waals surface area (Å²) in [4.78, 5) is 27.4. The van der Waals surface area contributed by atoms with Crippen LogP contribution in [-0.4, -0.2) is 50.8 Å². The lowest BCUT2D eigenvalue weighted by Crippen LogP contribution is -2.24. The third-order valence-corrected chi connectivity index (χ3v) is 4.79. The number of amides is 2. The summed E-state index contributed by atoms with van der Waals surface area (Å²) in [5.74, 6) is 1.12. The number of benzene rings is 2. The smallest absolute Gasteiger partial charge is 0.255 e. The van der Waals surface area contributed by atoms with Crippen molar-refractivity contribution in [2.75, 3.05) is 39.4 Å². The van der Waals surface area contributed by atoms with Crippen molar-refractivity contribution in [3.8, 4) is 11.5 Å². The van der Waals surface area contributed by atoms with Gasteiger partial charge in [0.15, 0.2) is 11.5 Å². The van der Waals surface area contributed by atoms with Gasteiger partial charge in [-0.15, -0.1) is 11.8 Å². The van der Waals surface area contributed by atoms with Crippen molar-refractivity contribution < 1.29 is 19.1 Å². The van der Waals surface area contributed by atoms with E-state index >= 15 is 0 Å². The van der Waals surface area contributed by atoms with Crippen molar-refractivity contribution in [1.29, 1.82) is 0 Å². The van der Waals surface area contributed by atoms with Crippen LogP contribution in [0.2, 0.25) is 0 Å². The van der Waals surface area contributed by atoms with E-state index < -0.39 is 0 Å². The molecule has 2 aromatic rings. The van der Waals surface area contributed by atoms with Gasteiger partial charge in [0, 0.05) is 37.2 Å². The molecule has 0 unspecified atom stereocenters. The number of nitrogens with one attached hydrogen (secondary N) is 1. The molecule has 27 heavy (non-hydrogen) atoms. The molecule has 0 atom stereocenters. The molecule has 2 aromatic carbocycles. The van der Waals surface area contributed by atoms with E-state index in [1.54, 1.807) is 38.0 Å². The average molecular weight is 388 g/mol. The van der Waals surface area contributed by atoms with Gasteiger partial charge in [0.1, 0.15) is 0 Å². The lowest BCUT2D eigenvalue weighted by molar-refractivity contribution is -0.115. The molecule has 2 rings (SSSR count). The molecular formula is C20H24N2O4S. The van der Waals surface area contributed by atoms with E-state index in [2.05, 4.69) is 5.32 Å². The van der Waals surface area contributed by atoms with Gasteiger partial charge in [-0.3, -0.25) is 9.59 Å². The molecule has 0 spiro atoms. The van der Waals surface area contributed by atoms with Gasteiger partial charge in [-0.2, -0.15) is 0 Å². The zero-order valence-electron chi connectivity index (χ0n) is 15.9. The van der Waals surface area contributed by atoms with Crippen molar-refractivity contribution in [1.82, 2.24) is 4.90 Å². The van der Waals surface area contributed by atoms with E-state index in [0.29, 0.717) is 34.9 Å². The molecule has 7 heteroatoms. The number of rotatable bonds is 8. The lowest BCUT2D eigenvalue weighted by atomic mass is 10.1. The summed E-state index contributed by atoms with van der Waals surface area (Å²) >= 11 is 1.61. The first-order valence-electron chi connectivity index (χ1n) is 8.41. The molecule has 0 radical (unpaired) electrons. The molecule has 6 nitrogen and oxygen atoms in total. The maximum Gasteiger partial charge on any atom is 0.255 e. The first-order chi connectivity index (χ1) is 13.0. The minimum Gasteiger partial charge on any atom is -0.493 e. The van der Waals surface area contributed by atoms with Crippen molar-refractivity contribution in [2.45, 2.75) is 11.3 Å². The van der Waals surface area contributed by atoms with Crippen molar-refractivity contribution >= 4 is 29.3 Å². The molecule has 0 fully saturated rings. The number of carbonyl (C=O) groups is 2. The SMILES string of the molecule is COc1cc(NC(=O)CCSc2ccccc2)c(C(=O)N(C)C)cc1OC. The topological polar surface area (TPSA) is 67.9 Å². The molecule has 0 saturated heterocycles. The second-order valence-corrected chi connectivity index (χ2v) is 7.08. The third kappa shape index (κ3) is 5.65. The summed E-state index contributed by atoms with van der Waals surface area (Å²) in [7, 11) is 6.32. The minimum atomic E-state index is -0.232. The monoisotopic (exact) mass is 388 g/mol. The quantitative estimate of drug-likeness (QED) is 0.701. The highest BCUT2D eigenvalue weighted by Gasteiger charge is 2.19. The number of hydrogen-bond acceptors (Lipinski definition) is 5.